The molecule has 11 atom stereocenters. The number of nitrogens with zero attached hydrogens (tertiary/aromatic N) is 7. The third-order valence-corrected chi connectivity index (χ3v) is 11.6. The fourth-order valence-corrected chi connectivity index (χ4v) is 9.39. The molecule has 0 amide bonds. The number of phosphoric ester groups is 1. The van der Waals surface area contributed by atoms with Crippen LogP contribution >= 0.6 is 26.9 Å². The molecule has 46 heavy (non-hydrogen) atoms. The van der Waals surface area contributed by atoms with Gasteiger partial charge < -0.3 is 30.0 Å². The molecule has 4 aromatic rings. The van der Waals surface area contributed by atoms with Gasteiger partial charge in [-0.25, -0.2) is 38.4 Å². The van der Waals surface area contributed by atoms with E-state index >= 15 is 4.39 Å². The summed E-state index contributed by atoms with van der Waals surface area (Å²) in [6.45, 7) is -4.04. The molecule has 2 bridgehead atoms. The number of H-pyrrole nitrogens is 1. The molecule has 4 fully saturated rings. The molecule has 2 saturated heterocycles. The highest BCUT2D eigenvalue weighted by Gasteiger charge is 2.74. The van der Waals surface area contributed by atoms with E-state index in [4.69, 9.17) is 28.6 Å². The molecule has 2 saturated carbocycles. The van der Waals surface area contributed by atoms with Gasteiger partial charge in [-0.1, -0.05) is 12.2 Å². The number of thiol groups is 1. The number of hydrogen-bond donors (Lipinski definition) is 5. The highest BCUT2D eigenvalue weighted by atomic mass is 32.7. The molecule has 8 rings (SSSR count). The number of fused-ring (bicyclic) bond motifs is 4. The number of aromatic nitrogens is 8. The topological polar surface area (TPSA) is 254 Å². The zero-order valence-corrected chi connectivity index (χ0v) is 26.2. The number of hydrogen-bond acceptors (Lipinski definition) is 15. The van der Waals surface area contributed by atoms with Crippen LogP contribution in [0.15, 0.2) is 23.8 Å². The molecule has 4 aliphatic rings. The van der Waals surface area contributed by atoms with E-state index in [1.807, 2.05) is 0 Å². The second-order valence-corrected chi connectivity index (χ2v) is 16.0. The zero-order valence-electron chi connectivity index (χ0n) is 23.6. The maximum absolute atomic E-state index is 15.9. The Morgan fingerprint density at radius 3 is 2.70 bits per heavy atom. The van der Waals surface area contributed by atoms with Gasteiger partial charge in [0.1, 0.15) is 42.1 Å². The molecule has 2 unspecified atom stereocenters. The van der Waals surface area contributed by atoms with Crippen molar-refractivity contribution in [1.29, 1.82) is 0 Å². The van der Waals surface area contributed by atoms with E-state index in [0.717, 1.165) is 6.33 Å². The molecular formula is C23H26FN9O10P2S. The van der Waals surface area contributed by atoms with Gasteiger partial charge in [-0.3, -0.25) is 27.5 Å². The summed E-state index contributed by atoms with van der Waals surface area (Å²) in [7, 11) is -5.06. The number of nitrogen functional groups attached to an aromatic ring is 1. The van der Waals surface area contributed by atoms with Crippen LogP contribution in [0.4, 0.5) is 10.2 Å². The van der Waals surface area contributed by atoms with E-state index in [1.54, 1.807) is 4.57 Å². The summed E-state index contributed by atoms with van der Waals surface area (Å²) >= 11 is 4.10. The van der Waals surface area contributed by atoms with E-state index < -0.39 is 87.6 Å². The van der Waals surface area contributed by atoms with Gasteiger partial charge in [0, 0.05) is 5.41 Å². The summed E-state index contributed by atoms with van der Waals surface area (Å²) in [5.74, 6) is -0.105. The van der Waals surface area contributed by atoms with Gasteiger partial charge in [-0.15, -0.1) is 0 Å². The maximum Gasteiger partial charge on any atom is 0.472 e. The van der Waals surface area contributed by atoms with Crippen LogP contribution in [0.1, 0.15) is 24.5 Å². The van der Waals surface area contributed by atoms with Gasteiger partial charge in [0.25, 0.3) is 5.56 Å². The first-order valence-electron chi connectivity index (χ1n) is 13.9. The number of anilines is 1. The van der Waals surface area contributed by atoms with Crippen molar-refractivity contribution in [2.45, 2.75) is 56.2 Å². The third-order valence-electron chi connectivity index (χ3n) is 9.01. The number of aliphatic hydroxyl groups is 1. The molecule has 246 valence electrons. The minimum absolute atomic E-state index is 0.000726. The number of aliphatic hydroxyl groups excluding tert-OH is 1. The number of alkyl halides is 1. The van der Waals surface area contributed by atoms with Gasteiger partial charge in [0.15, 0.2) is 35.0 Å². The van der Waals surface area contributed by atoms with Crippen molar-refractivity contribution in [2.24, 2.45) is 11.3 Å². The van der Waals surface area contributed by atoms with Gasteiger partial charge >= 0.3 is 14.6 Å². The Kier molecular flexibility index (Phi) is 6.85. The van der Waals surface area contributed by atoms with Crippen LogP contribution < -0.4 is 11.3 Å². The molecule has 0 radical (unpaired) electrons. The summed E-state index contributed by atoms with van der Waals surface area (Å²) in [6.07, 6.45) is -5.47. The smallest absolute Gasteiger partial charge is 0.388 e. The molecule has 4 aromatic heterocycles. The van der Waals surface area contributed by atoms with Crippen molar-refractivity contribution in [3.63, 3.8) is 0 Å². The Balaban J connectivity index is 1.14. The molecular weight excluding hydrogens is 675 g/mol. The Morgan fingerprint density at radius 1 is 1.13 bits per heavy atom. The minimum Gasteiger partial charge on any atom is -0.388 e. The van der Waals surface area contributed by atoms with E-state index in [1.165, 1.54) is 24.1 Å². The summed E-state index contributed by atoms with van der Waals surface area (Å²) in [5.41, 5.74) is 4.74. The second kappa shape index (κ2) is 10.3. The predicted octanol–water partition coefficient (Wildman–Crippen LogP) is 0.963. The lowest BCUT2D eigenvalue weighted by Crippen LogP contribution is -2.37. The Labute approximate surface area is 261 Å². The van der Waals surface area contributed by atoms with Gasteiger partial charge in [0.05, 0.1) is 31.9 Å². The first-order chi connectivity index (χ1) is 21.8. The van der Waals surface area contributed by atoms with Crippen LogP contribution in [0.2, 0.25) is 0 Å². The minimum atomic E-state index is -5.06. The van der Waals surface area contributed by atoms with Crippen LogP contribution in [0.25, 0.3) is 22.3 Å². The zero-order chi connectivity index (χ0) is 32.3. The van der Waals surface area contributed by atoms with E-state index in [0.29, 0.717) is 11.2 Å². The van der Waals surface area contributed by atoms with Crippen LogP contribution in [-0.4, -0.2) is 92.8 Å². The van der Waals surface area contributed by atoms with Crippen LogP contribution in [-0.2, 0) is 32.0 Å². The molecule has 1 spiro atoms. The average Bonchev–Trinajstić information content (AvgIpc) is 3.26. The lowest BCUT2D eigenvalue weighted by Gasteiger charge is -2.30. The summed E-state index contributed by atoms with van der Waals surface area (Å²) in [5, 5.41) is 11.5. The van der Waals surface area contributed by atoms with Gasteiger partial charge in [-0.2, -0.15) is 0 Å². The second-order valence-electron chi connectivity index (χ2n) is 11.7. The summed E-state index contributed by atoms with van der Waals surface area (Å²) in [4.78, 5) is 46.5. The lowest BCUT2D eigenvalue weighted by atomic mass is 10.0. The van der Waals surface area contributed by atoms with E-state index in [-0.39, 0.29) is 29.2 Å². The molecule has 23 heteroatoms. The largest absolute Gasteiger partial charge is 0.472 e. The standard InChI is InChI=1S/C23H26FN9O10P2S/c1-8-30-20-13(21(35)31-8)29-7-33(20)22-16-11(24)10(41-22)3-39-45(38,46)43-17-15(34)14(9-2-23(9,17)4-40-44(36,37)42-16)32-6-28-12-18(25)26-5-27-19(12)32/h5-7,9-11,14-17,22,34H,2-4H2,1H3,(H,36,37)(H,38,46)(H2,25,26,27)(H,30,31,35)/t9-,10-,11-,14-,15+,16-,17+,22-,23?,45-/m1/s1. The number of rotatable bonds is 2. The molecule has 5 N–H and O–H groups in total. The van der Waals surface area contributed by atoms with Crippen LogP contribution in [0.5, 0.6) is 0 Å². The molecule has 0 aromatic carbocycles. The van der Waals surface area contributed by atoms with Crippen LogP contribution in [0, 0.1) is 18.3 Å². The van der Waals surface area contributed by atoms with Crippen molar-refractivity contribution >= 4 is 55.0 Å². The number of nitrogens with one attached hydrogen (secondary N) is 1. The van der Waals surface area contributed by atoms with E-state index in [9.17, 15) is 23.9 Å². The third kappa shape index (κ3) is 4.68. The Morgan fingerprint density at radius 2 is 1.89 bits per heavy atom. The maximum atomic E-state index is 15.9. The number of nitrogens with two attached hydrogens (primary N) is 1. The fourth-order valence-electron chi connectivity index (χ4n) is 6.87. The Bertz CT molecular complexity index is 2050. The number of phosphoric acid groups is 1. The number of ether oxygens (including phenoxy) is 1. The Hall–Kier alpha value is -2.84. The van der Waals surface area contributed by atoms with Crippen molar-refractivity contribution < 1.29 is 46.4 Å². The summed E-state index contributed by atoms with van der Waals surface area (Å²) in [6, 6.07) is -0.763. The average molecular weight is 702 g/mol. The summed E-state index contributed by atoms with van der Waals surface area (Å²) < 4.78 is 73.5. The van der Waals surface area contributed by atoms with Crippen molar-refractivity contribution in [2.75, 3.05) is 18.9 Å². The quantitative estimate of drug-likeness (QED) is 0.144. The normalized spacial score (nSPS) is 41.1. The van der Waals surface area contributed by atoms with Crippen molar-refractivity contribution in [3.05, 3.63) is 35.2 Å². The lowest BCUT2D eigenvalue weighted by molar-refractivity contribution is -0.0586. The van der Waals surface area contributed by atoms with Crippen molar-refractivity contribution in [3.8, 4) is 0 Å². The fraction of sp³-hybridized carbons (Fsp3) is 0.565. The van der Waals surface area contributed by atoms with Crippen molar-refractivity contribution in [1.82, 2.24) is 39.0 Å². The first kappa shape index (κ1) is 30.5. The monoisotopic (exact) mass is 701 g/mol. The number of imidazole rings is 2. The number of aromatic amines is 1. The van der Waals surface area contributed by atoms with Gasteiger partial charge in [0.2, 0.25) is 0 Å². The molecule has 19 nitrogen and oxygen atoms in total. The van der Waals surface area contributed by atoms with E-state index in [2.05, 4.69) is 42.2 Å². The SMILES string of the molecule is Cc1nc2c(ncn2[C@@H]2O[C@@H]3CO[P@@](=O)(S)O[C@H]4[C@@H](O)[C@H](n5cnc6c(N)ncnc65)[C@H]5CC54COP(=O)(O)O[C@@H]2[C@@H]3F)c(=O)[nH]1. The highest BCUT2D eigenvalue weighted by Crippen LogP contribution is 2.73. The molecule has 6 heterocycles. The molecule has 2 aliphatic heterocycles. The highest BCUT2D eigenvalue weighted by molar-refractivity contribution is 8.44. The predicted molar refractivity (Wildman–Crippen MR) is 155 cm³/mol. The number of halogens is 1. The van der Waals surface area contributed by atoms with Gasteiger partial charge in [-0.05, 0) is 19.3 Å². The first-order valence-corrected chi connectivity index (χ1v) is 18.1. The number of aryl methyl sites for hydroxylation is 1. The van der Waals surface area contributed by atoms with Crippen LogP contribution in [0.3, 0.4) is 0 Å². The molecule has 2 aliphatic carbocycles.